The third kappa shape index (κ3) is 4.73. The summed E-state index contributed by atoms with van der Waals surface area (Å²) in [4.78, 5) is 11.7. The zero-order valence-corrected chi connectivity index (χ0v) is 10.1. The number of nitrogens with zero attached hydrogens (tertiary/aromatic N) is 1. The molecule has 0 fully saturated rings. The number of phenols is 1. The van der Waals surface area contributed by atoms with Crippen LogP contribution in [0.3, 0.4) is 0 Å². The number of rotatable bonds is 5. The highest BCUT2D eigenvalue weighted by Gasteiger charge is 2.10. The Hall–Kier alpha value is -2.24. The maximum Gasteiger partial charge on any atom is 0.224 e. The van der Waals surface area contributed by atoms with Crippen molar-refractivity contribution >= 4 is 11.7 Å². The highest BCUT2D eigenvalue weighted by atomic mass is 16.4. The predicted octanol–water partition coefficient (Wildman–Crippen LogP) is 0.576. The van der Waals surface area contributed by atoms with Gasteiger partial charge in [0, 0.05) is 12.5 Å². The monoisotopic (exact) mass is 251 g/mol. The van der Waals surface area contributed by atoms with Crippen LogP contribution in [0, 0.1) is 0 Å². The van der Waals surface area contributed by atoms with Gasteiger partial charge >= 0.3 is 0 Å². The Balaban J connectivity index is 2.47. The Morgan fingerprint density at radius 1 is 1.56 bits per heavy atom. The van der Waals surface area contributed by atoms with E-state index in [-0.39, 0.29) is 36.4 Å². The molecule has 1 aromatic carbocycles. The SMILES string of the molecule is CC(CC(N)=NO)NC(=O)Cc1cccc(O)c1. The van der Waals surface area contributed by atoms with Crippen LogP contribution < -0.4 is 11.1 Å². The highest BCUT2D eigenvalue weighted by Crippen LogP contribution is 2.11. The van der Waals surface area contributed by atoms with E-state index in [1.165, 1.54) is 6.07 Å². The van der Waals surface area contributed by atoms with Crippen LogP contribution in [0.2, 0.25) is 0 Å². The molecule has 1 rings (SSSR count). The van der Waals surface area contributed by atoms with Crippen molar-refractivity contribution in [2.24, 2.45) is 10.9 Å². The zero-order chi connectivity index (χ0) is 13.5. The molecule has 0 aliphatic rings. The summed E-state index contributed by atoms with van der Waals surface area (Å²) in [5.41, 5.74) is 6.06. The lowest BCUT2D eigenvalue weighted by atomic mass is 10.1. The van der Waals surface area contributed by atoms with E-state index in [2.05, 4.69) is 10.5 Å². The third-order valence-electron chi connectivity index (χ3n) is 2.33. The van der Waals surface area contributed by atoms with E-state index in [1.807, 2.05) is 0 Å². The summed E-state index contributed by atoms with van der Waals surface area (Å²) in [6.45, 7) is 1.76. The minimum atomic E-state index is -0.217. The van der Waals surface area contributed by atoms with Crippen LogP contribution in [-0.2, 0) is 11.2 Å². The van der Waals surface area contributed by atoms with Crippen molar-refractivity contribution in [3.8, 4) is 5.75 Å². The Kier molecular flexibility index (Phi) is 4.98. The number of hydrogen-bond donors (Lipinski definition) is 4. The van der Waals surface area contributed by atoms with Gasteiger partial charge < -0.3 is 21.4 Å². The summed E-state index contributed by atoms with van der Waals surface area (Å²) >= 11 is 0. The first-order valence-corrected chi connectivity index (χ1v) is 5.55. The topological polar surface area (TPSA) is 108 Å². The molecule has 1 atom stereocenters. The van der Waals surface area contributed by atoms with E-state index in [4.69, 9.17) is 10.9 Å². The fourth-order valence-corrected chi connectivity index (χ4v) is 1.58. The molecule has 1 amide bonds. The molecule has 1 unspecified atom stereocenters. The van der Waals surface area contributed by atoms with E-state index < -0.39 is 0 Å². The first kappa shape index (κ1) is 13.8. The fourth-order valence-electron chi connectivity index (χ4n) is 1.58. The Labute approximate surface area is 105 Å². The van der Waals surface area contributed by atoms with Gasteiger partial charge in [0.25, 0.3) is 0 Å². The molecule has 0 bridgehead atoms. The van der Waals surface area contributed by atoms with Crippen molar-refractivity contribution in [3.63, 3.8) is 0 Å². The highest BCUT2D eigenvalue weighted by molar-refractivity contribution is 5.82. The number of nitrogens with two attached hydrogens (primary N) is 1. The van der Waals surface area contributed by atoms with E-state index in [1.54, 1.807) is 25.1 Å². The maximum atomic E-state index is 11.7. The minimum Gasteiger partial charge on any atom is -0.508 e. The second-order valence-electron chi connectivity index (χ2n) is 4.11. The first-order valence-electron chi connectivity index (χ1n) is 5.55. The fraction of sp³-hybridized carbons (Fsp3) is 0.333. The van der Waals surface area contributed by atoms with Gasteiger partial charge in [0.05, 0.1) is 6.42 Å². The van der Waals surface area contributed by atoms with Gasteiger partial charge in [-0.3, -0.25) is 4.79 Å². The van der Waals surface area contributed by atoms with Gasteiger partial charge in [-0.2, -0.15) is 0 Å². The van der Waals surface area contributed by atoms with Crippen molar-refractivity contribution in [2.75, 3.05) is 0 Å². The molecule has 5 N–H and O–H groups in total. The number of nitrogens with one attached hydrogen (secondary N) is 1. The molecule has 0 spiro atoms. The maximum absolute atomic E-state index is 11.7. The molecule has 0 saturated carbocycles. The number of oxime groups is 1. The molecule has 0 saturated heterocycles. The molecule has 6 heteroatoms. The van der Waals surface area contributed by atoms with Crippen molar-refractivity contribution in [2.45, 2.75) is 25.8 Å². The van der Waals surface area contributed by atoms with Crippen LogP contribution in [0.15, 0.2) is 29.4 Å². The molecule has 0 aromatic heterocycles. The van der Waals surface area contributed by atoms with E-state index >= 15 is 0 Å². The molecular formula is C12H17N3O3. The van der Waals surface area contributed by atoms with Gasteiger partial charge in [0.2, 0.25) is 5.91 Å². The van der Waals surface area contributed by atoms with Crippen molar-refractivity contribution in [1.82, 2.24) is 5.32 Å². The molecule has 0 aliphatic heterocycles. The lowest BCUT2D eigenvalue weighted by molar-refractivity contribution is -0.120. The second kappa shape index (κ2) is 6.48. The zero-order valence-electron chi connectivity index (χ0n) is 10.1. The predicted molar refractivity (Wildman–Crippen MR) is 67.4 cm³/mol. The summed E-state index contributed by atoms with van der Waals surface area (Å²) in [7, 11) is 0. The van der Waals surface area contributed by atoms with Gasteiger partial charge in [0.15, 0.2) is 0 Å². The van der Waals surface area contributed by atoms with Crippen molar-refractivity contribution in [1.29, 1.82) is 0 Å². The molecule has 98 valence electrons. The first-order chi connectivity index (χ1) is 8.51. The summed E-state index contributed by atoms with van der Waals surface area (Å²) in [5.74, 6) is 0.0176. The number of phenolic OH excluding ortho intramolecular Hbond substituents is 1. The minimum absolute atomic E-state index is 0.0696. The van der Waals surface area contributed by atoms with Gasteiger partial charge in [-0.25, -0.2) is 0 Å². The molecular weight excluding hydrogens is 234 g/mol. The van der Waals surface area contributed by atoms with Crippen LogP contribution in [0.25, 0.3) is 0 Å². The molecule has 18 heavy (non-hydrogen) atoms. The molecule has 0 aliphatic carbocycles. The number of carbonyl (C=O) groups is 1. The summed E-state index contributed by atoms with van der Waals surface area (Å²) in [5, 5.41) is 23.2. The molecule has 6 nitrogen and oxygen atoms in total. The number of carbonyl (C=O) groups excluding carboxylic acids is 1. The number of amides is 1. The standard InChI is InChI=1S/C12H17N3O3/c1-8(5-11(13)15-18)14-12(17)7-9-3-2-4-10(16)6-9/h2-4,6,8,16,18H,5,7H2,1H3,(H2,13,15)(H,14,17). The Bertz CT molecular complexity index is 446. The van der Waals surface area contributed by atoms with E-state index in [9.17, 15) is 9.90 Å². The number of amidine groups is 1. The van der Waals surface area contributed by atoms with Gasteiger partial charge in [-0.1, -0.05) is 17.3 Å². The lowest BCUT2D eigenvalue weighted by Gasteiger charge is -2.12. The third-order valence-corrected chi connectivity index (χ3v) is 2.33. The van der Waals surface area contributed by atoms with Crippen molar-refractivity contribution < 1.29 is 15.1 Å². The summed E-state index contributed by atoms with van der Waals surface area (Å²) in [6.07, 6.45) is 0.456. The Morgan fingerprint density at radius 2 is 2.28 bits per heavy atom. The average Bonchev–Trinajstić information content (AvgIpc) is 2.28. The Morgan fingerprint density at radius 3 is 2.89 bits per heavy atom. The normalized spacial score (nSPS) is 13.1. The molecule has 0 heterocycles. The number of hydrogen-bond acceptors (Lipinski definition) is 4. The van der Waals surface area contributed by atoms with Gasteiger partial charge in [-0.15, -0.1) is 0 Å². The van der Waals surface area contributed by atoms with Crippen LogP contribution >= 0.6 is 0 Å². The van der Waals surface area contributed by atoms with E-state index in [0.717, 1.165) is 5.56 Å². The second-order valence-corrected chi connectivity index (χ2v) is 4.11. The van der Waals surface area contributed by atoms with Gasteiger partial charge in [0.1, 0.15) is 11.6 Å². The lowest BCUT2D eigenvalue weighted by Crippen LogP contribution is -2.36. The van der Waals surface area contributed by atoms with Crippen LogP contribution in [0.1, 0.15) is 18.9 Å². The van der Waals surface area contributed by atoms with Crippen LogP contribution in [-0.4, -0.2) is 28.1 Å². The van der Waals surface area contributed by atoms with Crippen LogP contribution in [0.4, 0.5) is 0 Å². The number of benzene rings is 1. The molecule has 1 aromatic rings. The van der Waals surface area contributed by atoms with Crippen LogP contribution in [0.5, 0.6) is 5.75 Å². The summed E-state index contributed by atoms with van der Waals surface area (Å²) in [6, 6.07) is 6.30. The number of aromatic hydroxyl groups is 1. The van der Waals surface area contributed by atoms with Gasteiger partial charge in [-0.05, 0) is 24.6 Å². The quantitative estimate of drug-likeness (QED) is 0.265. The average molecular weight is 251 g/mol. The van der Waals surface area contributed by atoms with E-state index in [0.29, 0.717) is 0 Å². The summed E-state index contributed by atoms with van der Waals surface area (Å²) < 4.78 is 0. The molecule has 0 radical (unpaired) electrons. The largest absolute Gasteiger partial charge is 0.508 e. The smallest absolute Gasteiger partial charge is 0.224 e. The van der Waals surface area contributed by atoms with Crippen molar-refractivity contribution in [3.05, 3.63) is 29.8 Å².